The van der Waals surface area contributed by atoms with Gasteiger partial charge in [0.15, 0.2) is 6.61 Å². The first kappa shape index (κ1) is 22.6. The molecule has 0 aliphatic carbocycles. The second kappa shape index (κ2) is 10.2. The summed E-state index contributed by atoms with van der Waals surface area (Å²) in [5, 5.41) is 8.33. The minimum atomic E-state index is -4.14. The molecule has 0 bridgehead atoms. The standard InChI is InChI=1S/C20H17F2IO6/c1-2-13-3-6-15(7-4-13)27-9-10-28-17-8-5-14(11-16(17)23)18(24)29-12-20(21,22)19(25)26/h2-8,11H,1,9-10,12H2,(H,25,26). The zero-order chi connectivity index (χ0) is 21.4. The van der Waals surface area contributed by atoms with Gasteiger partial charge in [0, 0.05) is 0 Å². The number of rotatable bonds is 10. The number of esters is 1. The van der Waals surface area contributed by atoms with Crippen LogP contribution in [0.3, 0.4) is 0 Å². The van der Waals surface area contributed by atoms with Crippen molar-refractivity contribution in [3.8, 4) is 11.5 Å². The van der Waals surface area contributed by atoms with Crippen LogP contribution in [0.15, 0.2) is 49.0 Å². The van der Waals surface area contributed by atoms with Gasteiger partial charge in [0.2, 0.25) is 0 Å². The van der Waals surface area contributed by atoms with Crippen LogP contribution in [0, 0.1) is 3.57 Å². The number of halogens is 3. The van der Waals surface area contributed by atoms with Crippen molar-refractivity contribution in [3.63, 3.8) is 0 Å². The molecule has 0 saturated heterocycles. The van der Waals surface area contributed by atoms with Crippen LogP contribution >= 0.6 is 22.6 Å². The molecule has 0 heterocycles. The maximum atomic E-state index is 13.0. The predicted molar refractivity (Wildman–Crippen MR) is 110 cm³/mol. The number of aliphatic carboxylic acids is 1. The fourth-order valence-electron chi connectivity index (χ4n) is 2.06. The van der Waals surface area contributed by atoms with Crippen molar-refractivity contribution in [2.45, 2.75) is 5.92 Å². The van der Waals surface area contributed by atoms with Gasteiger partial charge < -0.3 is 19.3 Å². The van der Waals surface area contributed by atoms with Gasteiger partial charge in [0.1, 0.15) is 24.7 Å². The Morgan fingerprint density at radius 3 is 2.34 bits per heavy atom. The lowest BCUT2D eigenvalue weighted by Crippen LogP contribution is -2.34. The number of carboxylic acid groups (broad SMARTS) is 1. The second-order valence-electron chi connectivity index (χ2n) is 5.70. The van der Waals surface area contributed by atoms with E-state index in [1.807, 2.05) is 46.9 Å². The number of hydrogen-bond donors (Lipinski definition) is 1. The van der Waals surface area contributed by atoms with Crippen LogP contribution in [0.1, 0.15) is 15.9 Å². The summed E-state index contributed by atoms with van der Waals surface area (Å²) in [5.74, 6) is -6.39. The van der Waals surface area contributed by atoms with Crippen LogP contribution in [0.5, 0.6) is 11.5 Å². The Labute approximate surface area is 179 Å². The second-order valence-corrected chi connectivity index (χ2v) is 6.86. The van der Waals surface area contributed by atoms with Gasteiger partial charge in [0.05, 0.1) is 9.13 Å². The average Bonchev–Trinajstić information content (AvgIpc) is 2.70. The monoisotopic (exact) mass is 518 g/mol. The molecule has 0 aliphatic heterocycles. The van der Waals surface area contributed by atoms with Gasteiger partial charge in [-0.1, -0.05) is 24.8 Å². The van der Waals surface area contributed by atoms with E-state index in [1.54, 1.807) is 6.08 Å². The predicted octanol–water partition coefficient (Wildman–Crippen LogP) is 4.27. The molecule has 9 heteroatoms. The van der Waals surface area contributed by atoms with Crippen LogP contribution in [0.4, 0.5) is 8.78 Å². The summed E-state index contributed by atoms with van der Waals surface area (Å²) in [6, 6.07) is 11.6. The SMILES string of the molecule is C=Cc1ccc(OCCOc2ccc(C(=O)OCC(F)(F)C(=O)O)cc2I)cc1. The summed E-state index contributed by atoms with van der Waals surface area (Å²) in [4.78, 5) is 22.2. The molecule has 0 aromatic heterocycles. The molecular formula is C20H17F2IO6. The van der Waals surface area contributed by atoms with Gasteiger partial charge in [-0.25, -0.2) is 9.59 Å². The lowest BCUT2D eigenvalue weighted by Gasteiger charge is -2.13. The number of carbonyl (C=O) groups is 2. The van der Waals surface area contributed by atoms with Gasteiger partial charge >= 0.3 is 17.9 Å². The van der Waals surface area contributed by atoms with Crippen LogP contribution in [-0.4, -0.2) is 42.8 Å². The van der Waals surface area contributed by atoms with E-state index in [0.717, 1.165) is 5.56 Å². The Morgan fingerprint density at radius 2 is 1.76 bits per heavy atom. The highest BCUT2D eigenvalue weighted by molar-refractivity contribution is 14.1. The summed E-state index contributed by atoms with van der Waals surface area (Å²) in [7, 11) is 0. The fraction of sp³-hybridized carbons (Fsp3) is 0.200. The summed E-state index contributed by atoms with van der Waals surface area (Å²) < 4.78 is 42.0. The van der Waals surface area contributed by atoms with Crippen molar-refractivity contribution in [1.82, 2.24) is 0 Å². The lowest BCUT2D eigenvalue weighted by molar-refractivity contribution is -0.170. The van der Waals surface area contributed by atoms with E-state index in [2.05, 4.69) is 11.3 Å². The fourth-order valence-corrected chi connectivity index (χ4v) is 2.73. The lowest BCUT2D eigenvalue weighted by atomic mass is 10.2. The summed E-state index contributed by atoms with van der Waals surface area (Å²) >= 11 is 1.92. The summed E-state index contributed by atoms with van der Waals surface area (Å²) in [6.45, 7) is 2.67. The van der Waals surface area contributed by atoms with Crippen LogP contribution in [0.25, 0.3) is 6.08 Å². The summed E-state index contributed by atoms with van der Waals surface area (Å²) in [6.07, 6.45) is 1.73. The Kier molecular flexibility index (Phi) is 7.94. The quantitative estimate of drug-likeness (QED) is 0.288. The van der Waals surface area contributed by atoms with Crippen LogP contribution in [-0.2, 0) is 9.53 Å². The third-order valence-corrected chi connectivity index (χ3v) is 4.43. The molecule has 6 nitrogen and oxygen atoms in total. The van der Waals surface area contributed by atoms with E-state index in [0.29, 0.717) is 15.1 Å². The van der Waals surface area contributed by atoms with Gasteiger partial charge in [-0.3, -0.25) is 0 Å². The summed E-state index contributed by atoms with van der Waals surface area (Å²) in [5.41, 5.74) is 0.981. The Hall–Kier alpha value is -2.69. The van der Waals surface area contributed by atoms with Gasteiger partial charge in [0.25, 0.3) is 0 Å². The maximum absolute atomic E-state index is 13.0. The third kappa shape index (κ3) is 6.70. The van der Waals surface area contributed by atoms with Crippen molar-refractivity contribution in [1.29, 1.82) is 0 Å². The van der Waals surface area contributed by atoms with Gasteiger partial charge in [-0.15, -0.1) is 0 Å². The number of carboxylic acids is 1. The number of hydrogen-bond acceptors (Lipinski definition) is 5. The molecule has 0 unspecified atom stereocenters. The first-order valence-electron chi connectivity index (χ1n) is 8.29. The van der Waals surface area contributed by atoms with Crippen LogP contribution < -0.4 is 9.47 Å². The number of benzene rings is 2. The highest BCUT2D eigenvalue weighted by Gasteiger charge is 2.40. The molecule has 0 atom stereocenters. The molecule has 1 N–H and O–H groups in total. The van der Waals surface area contributed by atoms with Crippen molar-refractivity contribution >= 4 is 40.6 Å². The van der Waals surface area contributed by atoms with E-state index < -0.39 is 24.5 Å². The van der Waals surface area contributed by atoms with Gasteiger partial charge in [-0.05, 0) is 58.5 Å². The Bertz CT molecular complexity index is 883. The van der Waals surface area contributed by atoms with E-state index in [4.69, 9.17) is 14.6 Å². The largest absolute Gasteiger partial charge is 0.490 e. The molecule has 0 saturated carbocycles. The van der Waals surface area contributed by atoms with Crippen LogP contribution in [0.2, 0.25) is 0 Å². The van der Waals surface area contributed by atoms with Crippen molar-refractivity contribution in [2.24, 2.45) is 0 Å². The smallest absolute Gasteiger partial charge is 0.378 e. The molecule has 0 spiro atoms. The molecular weight excluding hydrogens is 501 g/mol. The minimum absolute atomic E-state index is 0.00139. The topological polar surface area (TPSA) is 82.1 Å². The van der Waals surface area contributed by atoms with E-state index >= 15 is 0 Å². The molecule has 0 fully saturated rings. The highest BCUT2D eigenvalue weighted by Crippen LogP contribution is 2.23. The molecule has 29 heavy (non-hydrogen) atoms. The molecule has 2 rings (SSSR count). The number of ether oxygens (including phenoxy) is 3. The first-order valence-corrected chi connectivity index (χ1v) is 9.37. The maximum Gasteiger partial charge on any atom is 0.378 e. The highest BCUT2D eigenvalue weighted by atomic mass is 127. The first-order chi connectivity index (χ1) is 13.7. The number of alkyl halides is 2. The minimum Gasteiger partial charge on any atom is -0.490 e. The zero-order valence-electron chi connectivity index (χ0n) is 15.1. The molecule has 0 amide bonds. The molecule has 0 aliphatic rings. The molecule has 2 aromatic rings. The Balaban J connectivity index is 1.84. The van der Waals surface area contributed by atoms with E-state index in [1.165, 1.54) is 18.2 Å². The zero-order valence-corrected chi connectivity index (χ0v) is 17.2. The van der Waals surface area contributed by atoms with E-state index in [-0.39, 0.29) is 18.8 Å². The van der Waals surface area contributed by atoms with E-state index in [9.17, 15) is 18.4 Å². The Morgan fingerprint density at radius 1 is 1.10 bits per heavy atom. The number of carbonyl (C=O) groups excluding carboxylic acids is 1. The van der Waals surface area contributed by atoms with Gasteiger partial charge in [-0.2, -0.15) is 8.78 Å². The normalized spacial score (nSPS) is 10.9. The molecule has 154 valence electrons. The van der Waals surface area contributed by atoms with Crippen molar-refractivity contribution in [3.05, 3.63) is 63.7 Å². The van der Waals surface area contributed by atoms with Crippen molar-refractivity contribution < 1.29 is 37.7 Å². The van der Waals surface area contributed by atoms with Crippen molar-refractivity contribution in [2.75, 3.05) is 19.8 Å². The molecule has 0 radical (unpaired) electrons. The average molecular weight is 518 g/mol. The molecule has 2 aromatic carbocycles. The third-order valence-electron chi connectivity index (χ3n) is 3.59.